The smallest absolute Gasteiger partial charge is 0.254 e. The summed E-state index contributed by atoms with van der Waals surface area (Å²) in [7, 11) is 0. The van der Waals surface area contributed by atoms with Gasteiger partial charge in [0.25, 0.3) is 5.91 Å². The van der Waals surface area contributed by atoms with E-state index in [1.807, 2.05) is 0 Å². The lowest BCUT2D eigenvalue weighted by atomic mass is 10.1. The number of rotatable bonds is 5. The molecule has 0 atom stereocenters. The van der Waals surface area contributed by atoms with Gasteiger partial charge in [0.2, 0.25) is 11.8 Å². The van der Waals surface area contributed by atoms with Gasteiger partial charge in [0.05, 0.1) is 12.6 Å². The van der Waals surface area contributed by atoms with Crippen LogP contribution in [0.3, 0.4) is 0 Å². The monoisotopic (exact) mass is 366 g/mol. The molecule has 2 aliphatic carbocycles. The average Bonchev–Trinajstić information content (AvgIpc) is 3.53. The Balaban J connectivity index is 1.55. The molecule has 2 aromatic rings. The summed E-state index contributed by atoms with van der Waals surface area (Å²) in [6.45, 7) is 0. The molecule has 1 saturated heterocycles. The number of imide groups is 1. The Labute approximate surface area is 154 Å². The second-order valence-corrected chi connectivity index (χ2v) is 7.27. The first kappa shape index (κ1) is 16.0. The molecule has 0 radical (unpaired) electrons. The molecule has 3 fully saturated rings. The molecule has 9 nitrogen and oxygen atoms in total. The second kappa shape index (κ2) is 5.90. The Morgan fingerprint density at radius 1 is 1.26 bits per heavy atom. The molecule has 0 unspecified atom stereocenters. The van der Waals surface area contributed by atoms with E-state index in [1.54, 1.807) is 22.9 Å². The minimum atomic E-state index is -0.395. The largest absolute Gasteiger partial charge is 0.367 e. The van der Waals surface area contributed by atoms with Crippen LogP contribution in [0.15, 0.2) is 17.8 Å². The Kier molecular flexibility index (Phi) is 3.49. The molecule has 5 rings (SSSR count). The van der Waals surface area contributed by atoms with Gasteiger partial charge in [0.15, 0.2) is 5.65 Å². The van der Waals surface area contributed by atoms with Gasteiger partial charge in [-0.3, -0.25) is 19.7 Å². The highest BCUT2D eigenvalue weighted by Gasteiger charge is 2.30. The summed E-state index contributed by atoms with van der Waals surface area (Å²) in [4.78, 5) is 39.9. The van der Waals surface area contributed by atoms with Crippen molar-refractivity contribution in [3.8, 4) is 0 Å². The van der Waals surface area contributed by atoms with Gasteiger partial charge in [0, 0.05) is 29.2 Å². The lowest BCUT2D eigenvalue weighted by molar-refractivity contribution is -0.124. The second-order valence-electron chi connectivity index (χ2n) is 7.27. The first-order valence-electron chi connectivity index (χ1n) is 9.08. The van der Waals surface area contributed by atoms with Crippen molar-refractivity contribution < 1.29 is 14.4 Å². The molecule has 2 saturated carbocycles. The van der Waals surface area contributed by atoms with Crippen LogP contribution in [0.1, 0.15) is 37.7 Å². The summed E-state index contributed by atoms with van der Waals surface area (Å²) in [5.41, 5.74) is 1.52. The van der Waals surface area contributed by atoms with Crippen molar-refractivity contribution in [2.24, 2.45) is 5.92 Å². The molecular formula is C18H18N6O3. The van der Waals surface area contributed by atoms with Crippen LogP contribution in [0.4, 0.5) is 11.6 Å². The standard InChI is InChI=1S/C18H18N6O3/c25-15-6-10(18(27)23-15)5-11-8-19-24-14(20-12-3-4-12)7-13(21-16(11)24)22-17(26)9-1-2-9/h5,7-9,12,20H,1-4,6H2,(H,21,22,26)(H,23,25,27)/b10-5+. The zero-order valence-corrected chi connectivity index (χ0v) is 14.5. The Morgan fingerprint density at radius 3 is 2.74 bits per heavy atom. The van der Waals surface area contributed by atoms with Gasteiger partial charge >= 0.3 is 0 Å². The molecule has 2 aromatic heterocycles. The number of aromatic nitrogens is 3. The van der Waals surface area contributed by atoms with Crippen LogP contribution in [-0.2, 0) is 14.4 Å². The Morgan fingerprint density at radius 2 is 2.07 bits per heavy atom. The fraction of sp³-hybridized carbons (Fsp3) is 0.389. The number of hydrogen-bond donors (Lipinski definition) is 3. The molecule has 0 spiro atoms. The van der Waals surface area contributed by atoms with Gasteiger partial charge in [-0.1, -0.05) is 0 Å². The van der Waals surface area contributed by atoms with Crippen LogP contribution in [0, 0.1) is 5.92 Å². The predicted octanol–water partition coefficient (Wildman–Crippen LogP) is 1.08. The number of carbonyl (C=O) groups excluding carboxylic acids is 3. The van der Waals surface area contributed by atoms with E-state index in [0.717, 1.165) is 31.5 Å². The number of nitrogens with zero attached hydrogens (tertiary/aromatic N) is 3. The third-order valence-electron chi connectivity index (χ3n) is 4.85. The van der Waals surface area contributed by atoms with E-state index in [2.05, 4.69) is 26.0 Å². The van der Waals surface area contributed by atoms with E-state index in [4.69, 9.17) is 0 Å². The summed E-state index contributed by atoms with van der Waals surface area (Å²) in [6, 6.07) is 2.17. The van der Waals surface area contributed by atoms with E-state index >= 15 is 0 Å². The summed E-state index contributed by atoms with van der Waals surface area (Å²) < 4.78 is 1.66. The number of fused-ring (bicyclic) bond motifs is 1. The number of anilines is 2. The van der Waals surface area contributed by atoms with E-state index in [9.17, 15) is 14.4 Å². The summed E-state index contributed by atoms with van der Waals surface area (Å²) in [6.07, 6.45) is 7.28. The summed E-state index contributed by atoms with van der Waals surface area (Å²) in [5, 5.41) is 12.9. The van der Waals surface area contributed by atoms with Crippen LogP contribution < -0.4 is 16.0 Å². The van der Waals surface area contributed by atoms with Crippen LogP contribution >= 0.6 is 0 Å². The maximum atomic E-state index is 12.1. The van der Waals surface area contributed by atoms with Gasteiger partial charge in [-0.25, -0.2) is 4.98 Å². The molecule has 27 heavy (non-hydrogen) atoms. The molecule has 138 valence electrons. The fourth-order valence-electron chi connectivity index (χ4n) is 3.07. The van der Waals surface area contributed by atoms with E-state index in [0.29, 0.717) is 28.6 Å². The molecule has 3 aliphatic rings. The van der Waals surface area contributed by atoms with Crippen molar-refractivity contribution in [2.45, 2.75) is 38.1 Å². The van der Waals surface area contributed by atoms with Gasteiger partial charge in [-0.2, -0.15) is 9.61 Å². The van der Waals surface area contributed by atoms with Gasteiger partial charge in [0.1, 0.15) is 11.6 Å². The quantitative estimate of drug-likeness (QED) is 0.538. The first-order valence-corrected chi connectivity index (χ1v) is 9.08. The predicted molar refractivity (Wildman–Crippen MR) is 96.7 cm³/mol. The van der Waals surface area contributed by atoms with Crippen LogP contribution in [0.2, 0.25) is 0 Å². The normalized spacial score (nSPS) is 21.0. The molecule has 3 heterocycles. The minimum absolute atomic E-state index is 0.0237. The molecule has 3 amide bonds. The van der Waals surface area contributed by atoms with Crippen LogP contribution in [-0.4, -0.2) is 38.4 Å². The number of amides is 3. The van der Waals surface area contributed by atoms with Crippen LogP contribution in [0.25, 0.3) is 11.7 Å². The zero-order valence-electron chi connectivity index (χ0n) is 14.5. The van der Waals surface area contributed by atoms with E-state index < -0.39 is 5.91 Å². The lowest BCUT2D eigenvalue weighted by Crippen LogP contribution is -2.19. The number of carbonyl (C=O) groups is 3. The molecule has 3 N–H and O–H groups in total. The number of hydrogen-bond acceptors (Lipinski definition) is 6. The molecule has 0 bridgehead atoms. The van der Waals surface area contributed by atoms with Crippen molar-refractivity contribution in [3.05, 3.63) is 23.4 Å². The van der Waals surface area contributed by atoms with Crippen LogP contribution in [0.5, 0.6) is 0 Å². The lowest BCUT2D eigenvalue weighted by Gasteiger charge is -2.10. The first-order chi connectivity index (χ1) is 13.1. The van der Waals surface area contributed by atoms with Crippen molar-refractivity contribution in [1.82, 2.24) is 19.9 Å². The third kappa shape index (κ3) is 3.16. The van der Waals surface area contributed by atoms with Crippen molar-refractivity contribution in [2.75, 3.05) is 10.6 Å². The molecule has 1 aliphatic heterocycles. The van der Waals surface area contributed by atoms with Gasteiger partial charge in [-0.05, 0) is 31.8 Å². The minimum Gasteiger partial charge on any atom is -0.367 e. The van der Waals surface area contributed by atoms with Gasteiger partial charge < -0.3 is 10.6 Å². The SMILES string of the molecule is O=C1C/C(=C\c2cnn3c(NC4CC4)cc(NC(=O)C4CC4)nc23)C(=O)N1. The molecular weight excluding hydrogens is 348 g/mol. The van der Waals surface area contributed by atoms with E-state index in [1.165, 1.54) is 0 Å². The maximum Gasteiger partial charge on any atom is 0.254 e. The Hall–Kier alpha value is -3.23. The Bertz CT molecular complexity index is 1020. The highest BCUT2D eigenvalue weighted by Crippen LogP contribution is 2.31. The van der Waals surface area contributed by atoms with Crippen molar-refractivity contribution >= 4 is 41.1 Å². The molecule has 9 heteroatoms. The highest BCUT2D eigenvalue weighted by atomic mass is 16.2. The summed E-state index contributed by atoms with van der Waals surface area (Å²) >= 11 is 0. The highest BCUT2D eigenvalue weighted by molar-refractivity contribution is 6.15. The fourth-order valence-corrected chi connectivity index (χ4v) is 3.07. The van der Waals surface area contributed by atoms with E-state index in [-0.39, 0.29) is 24.2 Å². The average molecular weight is 366 g/mol. The van der Waals surface area contributed by atoms with Crippen molar-refractivity contribution in [1.29, 1.82) is 0 Å². The molecule has 0 aromatic carbocycles. The maximum absolute atomic E-state index is 12.1. The van der Waals surface area contributed by atoms with Crippen molar-refractivity contribution in [3.63, 3.8) is 0 Å². The van der Waals surface area contributed by atoms with Gasteiger partial charge in [-0.15, -0.1) is 0 Å². The summed E-state index contributed by atoms with van der Waals surface area (Å²) in [5.74, 6) is 0.532. The zero-order chi connectivity index (χ0) is 18.5. The number of nitrogens with one attached hydrogen (secondary N) is 3. The topological polar surface area (TPSA) is 117 Å². The third-order valence-corrected chi connectivity index (χ3v) is 4.85.